The van der Waals surface area contributed by atoms with Crippen LogP contribution in [0.2, 0.25) is 0 Å². The van der Waals surface area contributed by atoms with Crippen LogP contribution in [0, 0.1) is 0 Å². The van der Waals surface area contributed by atoms with Crippen molar-refractivity contribution in [3.8, 4) is 0 Å². The molecule has 0 radical (unpaired) electrons. The maximum absolute atomic E-state index is 8.58. The number of rotatable bonds is 0. The third-order valence-electron chi connectivity index (χ3n) is 0. The number of hydrogen-bond donors (Lipinski definition) is 0. The summed E-state index contributed by atoms with van der Waals surface area (Å²) in [4.78, 5) is 34.3. The van der Waals surface area contributed by atoms with Crippen molar-refractivity contribution in [2.24, 2.45) is 0 Å². The Morgan fingerprint density at radius 2 is 0.857 bits per heavy atom. The van der Waals surface area contributed by atoms with E-state index in [9.17, 15) is 0 Å². The third-order valence-corrected chi connectivity index (χ3v) is 0. The molecule has 0 fully saturated rings. The molecule has 32 valence electrons. The van der Waals surface area contributed by atoms with Gasteiger partial charge in [0.25, 0.3) is 0 Å². The zero-order valence-corrected chi connectivity index (χ0v) is 12.5. The van der Waals surface area contributed by atoms with E-state index in [2.05, 4.69) is 0 Å². The molecule has 0 saturated carbocycles. The first-order valence-corrected chi connectivity index (χ1v) is 2.45. The molecule has 0 aliphatic rings. The van der Waals surface area contributed by atoms with Gasteiger partial charge in [0, 0.05) is 0 Å². The van der Waals surface area contributed by atoms with E-state index < -0.39 is 9.05 Å². The van der Waals surface area contributed by atoms with Gasteiger partial charge in [-0.2, -0.15) is 0 Å². The Morgan fingerprint density at radius 1 is 0.857 bits per heavy atom. The summed E-state index contributed by atoms with van der Waals surface area (Å²) in [5.74, 6) is 0. The van der Waals surface area contributed by atoms with Crippen molar-refractivity contribution in [2.45, 2.75) is 0 Å². The third kappa shape index (κ3) is 47.6. The van der Waals surface area contributed by atoms with Gasteiger partial charge in [0.15, 0.2) is 0 Å². The Morgan fingerprint density at radius 3 is 0.857 bits per heavy atom. The molecule has 0 atom stereocenters. The van der Waals surface area contributed by atoms with E-state index in [1.54, 1.807) is 0 Å². The zero-order chi connectivity index (χ0) is 4.50. The van der Waals surface area contributed by atoms with Crippen LogP contribution in [0.4, 0.5) is 0 Å². The molecule has 0 aliphatic carbocycles. The van der Waals surface area contributed by atoms with Gasteiger partial charge in [0.05, 0.1) is 0 Å². The van der Waals surface area contributed by atoms with E-state index >= 15 is 0 Å². The molecule has 7 heteroatoms. The van der Waals surface area contributed by atoms with Crippen LogP contribution in [0.5, 0.6) is 0 Å². The summed E-state index contributed by atoms with van der Waals surface area (Å²) in [6.45, 7) is 0. The Bertz CT molecular complexity index is 27.2. The van der Waals surface area contributed by atoms with Gasteiger partial charge < -0.3 is 28.2 Å². The smallest absolute Gasteiger partial charge is 0.894 e. The van der Waals surface area contributed by atoms with Gasteiger partial charge in [-0.05, 0) is 0 Å². The molecule has 0 spiro atoms. The molecule has 0 heterocycles. The van der Waals surface area contributed by atoms with Crippen molar-refractivity contribution >= 4 is 103 Å². The van der Waals surface area contributed by atoms with Crippen LogP contribution in [0.1, 0.15) is 0 Å². The average Bonchev–Trinajstić information content (AvgIpc) is 0.722. The normalized spacial score (nSPS) is 8.57. The van der Waals surface area contributed by atoms with Crippen molar-refractivity contribution in [1.82, 2.24) is 0 Å². The first-order valence-electron chi connectivity index (χ1n) is 0.816. The van der Waals surface area contributed by atoms with Gasteiger partial charge >= 0.3 is 94.4 Å². The summed E-state index contributed by atoms with van der Waals surface area (Å²) in [7, 11) is -5.61. The van der Waals surface area contributed by atoms with E-state index in [1.807, 2.05) is 0 Å². The van der Waals surface area contributed by atoms with Gasteiger partial charge in [0.2, 0.25) is 0 Å². The Balaban J connectivity index is -0.0000000800. The SMILES string of the molecule is [Ba+2].[O-][Si]([O-])([O-])[O-].[Sr+2]. The van der Waals surface area contributed by atoms with Crippen LogP contribution in [-0.2, 0) is 0 Å². The second-order valence-electron chi connectivity index (χ2n) is 0.500. The van der Waals surface area contributed by atoms with Crippen LogP contribution in [0.3, 0.4) is 0 Å². The first kappa shape index (κ1) is 16.6. The molecule has 0 N–H and O–H groups in total. The molecule has 0 saturated heterocycles. The summed E-state index contributed by atoms with van der Waals surface area (Å²) >= 11 is 0. The first-order chi connectivity index (χ1) is 2.00. The fourth-order valence-corrected chi connectivity index (χ4v) is 0. The fraction of sp³-hybridized carbons (Fsp3) is 0. The molecule has 0 bridgehead atoms. The van der Waals surface area contributed by atoms with E-state index in [1.165, 1.54) is 0 Å². The van der Waals surface area contributed by atoms with E-state index in [-0.39, 0.29) is 94.4 Å². The van der Waals surface area contributed by atoms with E-state index in [4.69, 9.17) is 19.2 Å². The Kier molecular flexibility index (Phi) is 17.1. The molecule has 0 aliphatic heterocycles. The van der Waals surface area contributed by atoms with Crippen molar-refractivity contribution in [3.63, 3.8) is 0 Å². The molecular weight excluding hydrogens is 317 g/mol. The monoisotopic (exact) mass is 318 g/mol. The summed E-state index contributed by atoms with van der Waals surface area (Å²) < 4.78 is 0. The van der Waals surface area contributed by atoms with Gasteiger partial charge in [-0.3, -0.25) is 0 Å². The Hall–Kier alpha value is 3.11. The van der Waals surface area contributed by atoms with Crippen LogP contribution in [0.15, 0.2) is 0 Å². The molecule has 0 aromatic heterocycles. The quantitative estimate of drug-likeness (QED) is 0.416. The van der Waals surface area contributed by atoms with Crippen molar-refractivity contribution in [1.29, 1.82) is 0 Å². The van der Waals surface area contributed by atoms with Crippen molar-refractivity contribution in [2.75, 3.05) is 0 Å². The molecular formula is BaO4SiSr. The number of hydrogen-bond acceptors (Lipinski definition) is 4. The summed E-state index contributed by atoms with van der Waals surface area (Å²) in [5, 5.41) is 0. The van der Waals surface area contributed by atoms with Gasteiger partial charge in [-0.25, -0.2) is 0 Å². The average molecular weight is 317 g/mol. The minimum absolute atomic E-state index is 0. The molecule has 0 amide bonds. The topological polar surface area (TPSA) is 92.2 Å². The van der Waals surface area contributed by atoms with Crippen LogP contribution in [-0.4, -0.2) is 103 Å². The molecule has 4 nitrogen and oxygen atoms in total. The minimum Gasteiger partial charge on any atom is -0.894 e. The zero-order valence-electron chi connectivity index (χ0n) is 3.55. The van der Waals surface area contributed by atoms with E-state index in [0.717, 1.165) is 0 Å². The van der Waals surface area contributed by atoms with E-state index in [0.29, 0.717) is 0 Å². The molecule has 7 heavy (non-hydrogen) atoms. The summed E-state index contributed by atoms with van der Waals surface area (Å²) in [5.41, 5.74) is 0. The maximum atomic E-state index is 8.58. The fourth-order valence-electron chi connectivity index (χ4n) is 0. The van der Waals surface area contributed by atoms with Gasteiger partial charge in [-0.15, -0.1) is 0 Å². The van der Waals surface area contributed by atoms with Crippen LogP contribution in [0.25, 0.3) is 0 Å². The molecule has 0 rings (SSSR count). The standard InChI is InChI=1S/Ba.O4Si.Sr/c;1-5(2,3)4;/q+2;-4;+2. The van der Waals surface area contributed by atoms with Gasteiger partial charge in [0.1, 0.15) is 0 Å². The predicted molar refractivity (Wildman–Crippen MR) is 17.3 cm³/mol. The molecule has 0 aromatic carbocycles. The predicted octanol–water partition coefficient (Wildman–Crippen LogP) is -5.90. The minimum atomic E-state index is -5.61. The Labute approximate surface area is 119 Å². The largest absolute Gasteiger partial charge is 2.00 e. The summed E-state index contributed by atoms with van der Waals surface area (Å²) in [6, 6.07) is 0. The summed E-state index contributed by atoms with van der Waals surface area (Å²) in [6.07, 6.45) is 0. The van der Waals surface area contributed by atoms with Crippen LogP contribution < -0.4 is 19.2 Å². The van der Waals surface area contributed by atoms with Gasteiger partial charge in [-0.1, -0.05) is 0 Å². The van der Waals surface area contributed by atoms with Crippen molar-refractivity contribution < 1.29 is 19.2 Å². The van der Waals surface area contributed by atoms with Crippen molar-refractivity contribution in [3.05, 3.63) is 0 Å². The second kappa shape index (κ2) is 7.22. The van der Waals surface area contributed by atoms with Crippen LogP contribution >= 0.6 is 0 Å². The second-order valence-corrected chi connectivity index (χ2v) is 1.50. The molecule has 0 unspecified atom stereocenters. The maximum Gasteiger partial charge on any atom is 2.00 e. The molecule has 0 aromatic rings.